The molecule has 11 heteroatoms. The monoisotopic (exact) mass is 639 g/mol. The van der Waals surface area contributed by atoms with E-state index in [0.717, 1.165) is 37.1 Å². The maximum Gasteiger partial charge on any atom is 0.416 e. The molecule has 3 aromatic rings. The lowest BCUT2D eigenvalue weighted by atomic mass is 9.78. The van der Waals surface area contributed by atoms with Crippen LogP contribution in [0, 0.1) is 11.8 Å². The Bertz CT molecular complexity index is 1730. The average molecular weight is 640 g/mol. The third-order valence-corrected chi connectivity index (χ3v) is 8.56. The summed E-state index contributed by atoms with van der Waals surface area (Å²) in [6.45, 7) is 5.26. The van der Waals surface area contributed by atoms with E-state index >= 15 is 0 Å². The van der Waals surface area contributed by atoms with Crippen LogP contribution in [0.5, 0.6) is 5.75 Å². The van der Waals surface area contributed by atoms with Gasteiger partial charge in [0.25, 0.3) is 0 Å². The number of dihydropyridines is 1. The van der Waals surface area contributed by atoms with E-state index in [1.807, 2.05) is 12.1 Å². The number of allylic oxidation sites excluding steroid dienone is 2. The molecular formula is C35H36F3NO7. The number of ether oxygens (including phenoxy) is 3. The van der Waals surface area contributed by atoms with Crippen molar-refractivity contribution in [3.63, 3.8) is 0 Å². The van der Waals surface area contributed by atoms with E-state index < -0.39 is 35.2 Å². The van der Waals surface area contributed by atoms with Gasteiger partial charge in [0.2, 0.25) is 0 Å². The van der Waals surface area contributed by atoms with E-state index in [-0.39, 0.29) is 41.8 Å². The standard InChI is InChI=1S/C35H36F3NO7/c1-4-43-33(41)30-20(2)39-21(3)31(32(30)24-9-5-7-11-26(24)35(36,37)38)34(42)45-19-23-15-13-22(14-16-23)18-44-28-17-29(40)46-27-12-8-6-10-25(27)28/h5-12,17,22-23,32,39H,4,13-16,18-19H2,1-3H3. The first-order valence-electron chi connectivity index (χ1n) is 15.3. The van der Waals surface area contributed by atoms with Gasteiger partial charge in [0.15, 0.2) is 0 Å². The fourth-order valence-corrected chi connectivity index (χ4v) is 6.31. The van der Waals surface area contributed by atoms with Crippen LogP contribution in [-0.2, 0) is 25.2 Å². The SMILES string of the molecule is CCOC(=O)C1=C(C)NC(C)=C(C(=O)OCC2CCC(COc3cc(=O)oc4ccccc34)CC2)C1c1ccccc1C(F)(F)F. The van der Waals surface area contributed by atoms with Crippen molar-refractivity contribution in [2.24, 2.45) is 11.8 Å². The number of rotatable bonds is 9. The van der Waals surface area contributed by atoms with E-state index in [4.69, 9.17) is 18.6 Å². The van der Waals surface area contributed by atoms with Crippen LogP contribution in [0.25, 0.3) is 11.0 Å². The molecule has 1 saturated carbocycles. The van der Waals surface area contributed by atoms with Gasteiger partial charge in [-0.1, -0.05) is 30.3 Å². The molecule has 1 aliphatic carbocycles. The molecule has 1 N–H and O–H groups in total. The Morgan fingerprint density at radius 1 is 0.870 bits per heavy atom. The lowest BCUT2D eigenvalue weighted by Crippen LogP contribution is -2.34. The van der Waals surface area contributed by atoms with E-state index in [1.54, 1.807) is 32.9 Å². The van der Waals surface area contributed by atoms with Crippen molar-refractivity contribution in [2.45, 2.75) is 58.5 Å². The van der Waals surface area contributed by atoms with Gasteiger partial charge in [0.05, 0.1) is 53.9 Å². The molecule has 1 unspecified atom stereocenters. The first kappa shape index (κ1) is 32.8. The number of para-hydroxylation sites is 1. The molecule has 0 spiro atoms. The van der Waals surface area contributed by atoms with Crippen molar-refractivity contribution in [3.8, 4) is 5.75 Å². The van der Waals surface area contributed by atoms with Gasteiger partial charge in [0.1, 0.15) is 11.3 Å². The molecule has 0 radical (unpaired) electrons. The van der Waals surface area contributed by atoms with Crippen molar-refractivity contribution < 1.29 is 41.4 Å². The smallest absolute Gasteiger partial charge is 0.416 e. The van der Waals surface area contributed by atoms with E-state index in [2.05, 4.69) is 5.32 Å². The molecule has 1 atom stereocenters. The Hall–Kier alpha value is -4.54. The molecule has 244 valence electrons. The number of fused-ring (bicyclic) bond motifs is 1. The van der Waals surface area contributed by atoms with Gasteiger partial charge >= 0.3 is 23.7 Å². The Morgan fingerprint density at radius 2 is 1.46 bits per heavy atom. The van der Waals surface area contributed by atoms with Crippen molar-refractivity contribution in [1.29, 1.82) is 0 Å². The lowest BCUT2D eigenvalue weighted by Gasteiger charge is -2.32. The number of carbonyl (C=O) groups is 2. The highest BCUT2D eigenvalue weighted by Gasteiger charge is 2.43. The second kappa shape index (κ2) is 13.8. The quantitative estimate of drug-likeness (QED) is 0.197. The van der Waals surface area contributed by atoms with Gasteiger partial charge in [0, 0.05) is 11.4 Å². The Labute approximate surface area is 264 Å². The number of nitrogens with one attached hydrogen (secondary N) is 1. The number of hydrogen-bond donors (Lipinski definition) is 1. The molecule has 46 heavy (non-hydrogen) atoms. The summed E-state index contributed by atoms with van der Waals surface area (Å²) in [7, 11) is 0. The van der Waals surface area contributed by atoms with Crippen molar-refractivity contribution >= 4 is 22.9 Å². The molecule has 2 aromatic carbocycles. The fourth-order valence-electron chi connectivity index (χ4n) is 6.31. The largest absolute Gasteiger partial charge is 0.492 e. The van der Waals surface area contributed by atoms with E-state index in [9.17, 15) is 27.6 Å². The highest BCUT2D eigenvalue weighted by molar-refractivity contribution is 6.00. The summed E-state index contributed by atoms with van der Waals surface area (Å²) in [5.74, 6) is -2.19. The molecule has 2 aliphatic rings. The first-order valence-corrected chi connectivity index (χ1v) is 15.3. The van der Waals surface area contributed by atoms with E-state index in [1.165, 1.54) is 24.3 Å². The number of carbonyl (C=O) groups excluding carboxylic acids is 2. The minimum Gasteiger partial charge on any atom is -0.492 e. The van der Waals surface area contributed by atoms with E-state index in [0.29, 0.717) is 29.3 Å². The fraction of sp³-hybridized carbons (Fsp3) is 0.400. The second-order valence-corrected chi connectivity index (χ2v) is 11.7. The highest BCUT2D eigenvalue weighted by atomic mass is 19.4. The zero-order valence-corrected chi connectivity index (χ0v) is 25.9. The van der Waals surface area contributed by atoms with Gasteiger partial charge < -0.3 is 23.9 Å². The van der Waals surface area contributed by atoms with Crippen molar-refractivity contribution in [2.75, 3.05) is 19.8 Å². The summed E-state index contributed by atoms with van der Waals surface area (Å²) in [4.78, 5) is 38.7. The van der Waals surface area contributed by atoms with Crippen LogP contribution in [0.3, 0.4) is 0 Å². The molecule has 0 bridgehead atoms. The molecule has 0 saturated heterocycles. The maximum atomic E-state index is 14.2. The second-order valence-electron chi connectivity index (χ2n) is 11.7. The number of benzene rings is 2. The van der Waals surface area contributed by atoms with Gasteiger partial charge in [-0.3, -0.25) is 0 Å². The molecule has 1 aliphatic heterocycles. The summed E-state index contributed by atoms with van der Waals surface area (Å²) >= 11 is 0. The predicted molar refractivity (Wildman–Crippen MR) is 164 cm³/mol. The summed E-state index contributed by atoms with van der Waals surface area (Å²) in [5.41, 5.74) is -0.720. The third kappa shape index (κ3) is 7.13. The van der Waals surface area contributed by atoms with Crippen molar-refractivity contribution in [3.05, 3.63) is 98.7 Å². The molecular weight excluding hydrogens is 603 g/mol. The topological polar surface area (TPSA) is 104 Å². The summed E-state index contributed by atoms with van der Waals surface area (Å²) in [6.07, 6.45) is -1.60. The summed E-state index contributed by atoms with van der Waals surface area (Å²) in [6, 6.07) is 13.4. The Morgan fingerprint density at radius 3 is 2.11 bits per heavy atom. The van der Waals surface area contributed by atoms with Crippen LogP contribution >= 0.6 is 0 Å². The molecule has 1 aromatic heterocycles. The van der Waals surface area contributed by atoms with Gasteiger partial charge in [-0.05, 0) is 82.1 Å². The van der Waals surface area contributed by atoms with Crippen LogP contribution in [-0.4, -0.2) is 31.8 Å². The zero-order chi connectivity index (χ0) is 33.0. The van der Waals surface area contributed by atoms with Crippen molar-refractivity contribution in [1.82, 2.24) is 5.32 Å². The minimum atomic E-state index is -4.72. The van der Waals surface area contributed by atoms with Crippen LogP contribution in [0.1, 0.15) is 63.5 Å². The van der Waals surface area contributed by atoms with Gasteiger partial charge in [-0.15, -0.1) is 0 Å². The van der Waals surface area contributed by atoms with Crippen LogP contribution in [0.2, 0.25) is 0 Å². The number of esters is 2. The van der Waals surface area contributed by atoms with Crippen LogP contribution < -0.4 is 15.7 Å². The van der Waals surface area contributed by atoms with Crippen LogP contribution in [0.15, 0.2) is 86.3 Å². The number of alkyl halides is 3. The average Bonchev–Trinajstić information content (AvgIpc) is 3.02. The lowest BCUT2D eigenvalue weighted by molar-refractivity contribution is -0.143. The zero-order valence-electron chi connectivity index (χ0n) is 25.9. The Balaban J connectivity index is 1.27. The van der Waals surface area contributed by atoms with Gasteiger partial charge in [-0.25, -0.2) is 14.4 Å². The third-order valence-electron chi connectivity index (χ3n) is 8.56. The molecule has 2 heterocycles. The first-order chi connectivity index (χ1) is 22.0. The number of halogens is 3. The summed E-state index contributed by atoms with van der Waals surface area (Å²) < 4.78 is 64.7. The molecule has 0 amide bonds. The Kier molecular flexibility index (Phi) is 9.88. The molecule has 5 rings (SSSR count). The normalized spacial score (nSPS) is 20.3. The highest BCUT2D eigenvalue weighted by Crippen LogP contribution is 2.44. The van der Waals surface area contributed by atoms with Crippen LogP contribution in [0.4, 0.5) is 13.2 Å². The molecule has 8 nitrogen and oxygen atoms in total. The number of hydrogen-bond acceptors (Lipinski definition) is 8. The minimum absolute atomic E-state index is 0.0108. The molecule has 1 fully saturated rings. The summed E-state index contributed by atoms with van der Waals surface area (Å²) in [5, 5.41) is 3.70. The predicted octanol–water partition coefficient (Wildman–Crippen LogP) is 7.04. The van der Waals surface area contributed by atoms with Gasteiger partial charge in [-0.2, -0.15) is 13.2 Å². The maximum absolute atomic E-state index is 14.2.